The van der Waals surface area contributed by atoms with Crippen LogP contribution in [0.15, 0.2) is 60.2 Å². The van der Waals surface area contributed by atoms with Crippen molar-refractivity contribution in [3.8, 4) is 17.6 Å². The second-order valence-electron chi connectivity index (χ2n) is 8.00. The second-order valence-corrected chi connectivity index (χ2v) is 8.82. The Balaban J connectivity index is 1.77. The van der Waals surface area contributed by atoms with Crippen LogP contribution in [0.4, 0.5) is 11.4 Å². The van der Waals surface area contributed by atoms with Gasteiger partial charge in [-0.1, -0.05) is 47.5 Å². The normalized spacial score (nSPS) is 10.9. The van der Waals surface area contributed by atoms with Crippen molar-refractivity contribution in [1.29, 1.82) is 5.26 Å². The number of amides is 2. The van der Waals surface area contributed by atoms with E-state index in [1.807, 2.05) is 32.0 Å². The van der Waals surface area contributed by atoms with Crippen molar-refractivity contribution >= 4 is 52.5 Å². The molecule has 190 valence electrons. The number of aryl methyl sites for hydroxylation is 2. The SMILES string of the molecule is CCOc1cc(/C=C(/C#N)C(=O)Nc2ccccc2C)cc(Cl)c1OCC(=O)Nc1ccc(C)c(Cl)c1. The van der Waals surface area contributed by atoms with Crippen LogP contribution in [-0.4, -0.2) is 25.0 Å². The molecule has 37 heavy (non-hydrogen) atoms. The van der Waals surface area contributed by atoms with Crippen molar-refractivity contribution in [2.75, 3.05) is 23.8 Å². The van der Waals surface area contributed by atoms with Crippen molar-refractivity contribution in [3.05, 3.63) is 86.9 Å². The number of halogens is 2. The van der Waals surface area contributed by atoms with Gasteiger partial charge in [-0.15, -0.1) is 0 Å². The maximum atomic E-state index is 12.7. The van der Waals surface area contributed by atoms with E-state index in [0.29, 0.717) is 28.6 Å². The van der Waals surface area contributed by atoms with Gasteiger partial charge in [-0.05, 0) is 73.9 Å². The lowest BCUT2D eigenvalue weighted by atomic mass is 10.1. The molecule has 0 aliphatic carbocycles. The summed E-state index contributed by atoms with van der Waals surface area (Å²) in [6.45, 7) is 5.47. The zero-order valence-corrected chi connectivity index (χ0v) is 22.0. The van der Waals surface area contributed by atoms with Crippen LogP contribution in [0.5, 0.6) is 11.5 Å². The molecule has 3 aromatic rings. The molecular weight excluding hydrogens is 513 g/mol. The molecule has 2 N–H and O–H groups in total. The number of carbonyl (C=O) groups is 2. The van der Waals surface area contributed by atoms with Gasteiger partial charge in [0.25, 0.3) is 11.8 Å². The maximum Gasteiger partial charge on any atom is 0.266 e. The number of hydrogen-bond donors (Lipinski definition) is 2. The molecule has 0 saturated heterocycles. The first-order valence-electron chi connectivity index (χ1n) is 11.4. The number of nitriles is 1. The molecule has 0 aliphatic heterocycles. The summed E-state index contributed by atoms with van der Waals surface area (Å²) >= 11 is 12.6. The summed E-state index contributed by atoms with van der Waals surface area (Å²) in [5, 5.41) is 15.7. The number of hydrogen-bond acceptors (Lipinski definition) is 5. The van der Waals surface area contributed by atoms with Crippen molar-refractivity contribution < 1.29 is 19.1 Å². The van der Waals surface area contributed by atoms with Gasteiger partial charge in [0.1, 0.15) is 11.6 Å². The molecule has 7 nitrogen and oxygen atoms in total. The minimum absolute atomic E-state index is 0.119. The van der Waals surface area contributed by atoms with Crippen LogP contribution < -0.4 is 20.1 Å². The standard InChI is InChI=1S/C28H25Cl2N3O4/c1-4-36-25-13-19(11-20(15-31)28(35)33-24-8-6-5-7-18(24)3)12-23(30)27(25)37-16-26(34)32-21-10-9-17(2)22(29)14-21/h5-14H,4,16H2,1-3H3,(H,32,34)(H,33,35)/b20-11-. The summed E-state index contributed by atoms with van der Waals surface area (Å²) in [7, 11) is 0. The summed E-state index contributed by atoms with van der Waals surface area (Å²) in [4.78, 5) is 25.1. The number of nitrogens with one attached hydrogen (secondary N) is 2. The predicted molar refractivity (Wildman–Crippen MR) is 146 cm³/mol. The molecule has 0 radical (unpaired) electrons. The number of rotatable bonds is 9. The van der Waals surface area contributed by atoms with E-state index in [4.69, 9.17) is 32.7 Å². The molecule has 0 spiro atoms. The summed E-state index contributed by atoms with van der Waals surface area (Å²) in [6.07, 6.45) is 1.40. The molecule has 9 heteroatoms. The predicted octanol–water partition coefficient (Wildman–Crippen LogP) is 6.57. The third-order valence-corrected chi connectivity index (χ3v) is 5.89. The summed E-state index contributed by atoms with van der Waals surface area (Å²) in [5.41, 5.74) is 3.24. The van der Waals surface area contributed by atoms with Crippen LogP contribution in [-0.2, 0) is 9.59 Å². The molecule has 3 aromatic carbocycles. The average molecular weight is 538 g/mol. The van der Waals surface area contributed by atoms with Gasteiger partial charge in [-0.25, -0.2) is 0 Å². The lowest BCUT2D eigenvalue weighted by Gasteiger charge is -2.15. The zero-order valence-electron chi connectivity index (χ0n) is 20.5. The quantitative estimate of drug-likeness (QED) is 0.237. The molecule has 0 atom stereocenters. The average Bonchev–Trinajstić information content (AvgIpc) is 2.85. The van der Waals surface area contributed by atoms with E-state index in [9.17, 15) is 14.9 Å². The van der Waals surface area contributed by atoms with Gasteiger partial charge in [-0.3, -0.25) is 9.59 Å². The third-order valence-electron chi connectivity index (χ3n) is 5.20. The van der Waals surface area contributed by atoms with Gasteiger partial charge in [0.15, 0.2) is 18.1 Å². The van der Waals surface area contributed by atoms with E-state index in [1.54, 1.807) is 43.3 Å². The Morgan fingerprint density at radius 2 is 1.73 bits per heavy atom. The van der Waals surface area contributed by atoms with Crippen molar-refractivity contribution in [1.82, 2.24) is 0 Å². The maximum absolute atomic E-state index is 12.7. The molecule has 2 amide bonds. The largest absolute Gasteiger partial charge is 0.490 e. The molecule has 3 rings (SSSR count). The van der Waals surface area contributed by atoms with Crippen LogP contribution in [0.3, 0.4) is 0 Å². The number of carbonyl (C=O) groups excluding carboxylic acids is 2. The van der Waals surface area contributed by atoms with Gasteiger partial charge in [0.2, 0.25) is 0 Å². The number of para-hydroxylation sites is 1. The minimum atomic E-state index is -0.556. The second kappa shape index (κ2) is 12.8. The fourth-order valence-corrected chi connectivity index (χ4v) is 3.75. The molecule has 0 heterocycles. The van der Waals surface area contributed by atoms with E-state index in [-0.39, 0.29) is 28.7 Å². The highest BCUT2D eigenvalue weighted by Crippen LogP contribution is 2.37. The number of benzene rings is 3. The third kappa shape index (κ3) is 7.50. The Kier molecular flexibility index (Phi) is 9.56. The lowest BCUT2D eigenvalue weighted by Crippen LogP contribution is -2.20. The minimum Gasteiger partial charge on any atom is -0.490 e. The first kappa shape index (κ1) is 27.6. The van der Waals surface area contributed by atoms with E-state index < -0.39 is 11.8 Å². The fourth-order valence-electron chi connectivity index (χ4n) is 3.30. The smallest absolute Gasteiger partial charge is 0.266 e. The van der Waals surface area contributed by atoms with Gasteiger partial charge < -0.3 is 20.1 Å². The van der Waals surface area contributed by atoms with Gasteiger partial charge in [-0.2, -0.15) is 5.26 Å². The molecule has 0 bridgehead atoms. The van der Waals surface area contributed by atoms with Crippen molar-refractivity contribution in [2.24, 2.45) is 0 Å². The Morgan fingerprint density at radius 3 is 2.41 bits per heavy atom. The van der Waals surface area contributed by atoms with E-state index in [2.05, 4.69) is 10.6 Å². The van der Waals surface area contributed by atoms with Crippen LogP contribution in [0.2, 0.25) is 10.0 Å². The highest BCUT2D eigenvalue weighted by molar-refractivity contribution is 6.32. The lowest BCUT2D eigenvalue weighted by molar-refractivity contribution is -0.118. The van der Waals surface area contributed by atoms with Crippen LogP contribution in [0, 0.1) is 25.2 Å². The van der Waals surface area contributed by atoms with E-state index in [0.717, 1.165) is 11.1 Å². The summed E-state index contributed by atoms with van der Waals surface area (Å²) < 4.78 is 11.3. The van der Waals surface area contributed by atoms with Crippen LogP contribution >= 0.6 is 23.2 Å². The Bertz CT molecular complexity index is 1400. The number of nitrogens with zero attached hydrogens (tertiary/aromatic N) is 1. The molecular formula is C28H25Cl2N3O4. The van der Waals surface area contributed by atoms with Gasteiger partial charge in [0, 0.05) is 16.4 Å². The highest BCUT2D eigenvalue weighted by atomic mass is 35.5. The Morgan fingerprint density at radius 1 is 0.973 bits per heavy atom. The number of anilines is 2. The molecule has 0 aromatic heterocycles. The van der Waals surface area contributed by atoms with Crippen LogP contribution in [0.1, 0.15) is 23.6 Å². The van der Waals surface area contributed by atoms with Crippen molar-refractivity contribution in [3.63, 3.8) is 0 Å². The molecule has 0 saturated carbocycles. The Hall–Kier alpha value is -3.99. The molecule has 0 aliphatic rings. The zero-order chi connectivity index (χ0) is 26.9. The summed E-state index contributed by atoms with van der Waals surface area (Å²) in [6, 6.07) is 17.5. The first-order chi connectivity index (χ1) is 17.7. The van der Waals surface area contributed by atoms with E-state index >= 15 is 0 Å². The Labute approximate surface area is 225 Å². The summed E-state index contributed by atoms with van der Waals surface area (Å²) in [5.74, 6) is -0.536. The van der Waals surface area contributed by atoms with Crippen molar-refractivity contribution in [2.45, 2.75) is 20.8 Å². The first-order valence-corrected chi connectivity index (χ1v) is 12.1. The van der Waals surface area contributed by atoms with Gasteiger partial charge in [0.05, 0.1) is 11.6 Å². The van der Waals surface area contributed by atoms with E-state index in [1.165, 1.54) is 12.1 Å². The topological polar surface area (TPSA) is 100 Å². The highest BCUT2D eigenvalue weighted by Gasteiger charge is 2.16. The molecule has 0 unspecified atom stereocenters. The van der Waals surface area contributed by atoms with Gasteiger partial charge >= 0.3 is 0 Å². The monoisotopic (exact) mass is 537 g/mol. The molecule has 0 fully saturated rings. The number of ether oxygens (including phenoxy) is 2. The van der Waals surface area contributed by atoms with Crippen LogP contribution in [0.25, 0.3) is 6.08 Å². The fraction of sp³-hybridized carbons (Fsp3) is 0.179.